The number of carbonyl (C=O) groups is 1. The van der Waals surface area contributed by atoms with Crippen molar-refractivity contribution in [2.75, 3.05) is 18.4 Å². The Morgan fingerprint density at radius 1 is 1.30 bits per heavy atom. The fourth-order valence-electron chi connectivity index (χ4n) is 1.68. The molecule has 0 radical (unpaired) electrons. The zero-order valence-electron chi connectivity index (χ0n) is 10.9. The van der Waals surface area contributed by atoms with Gasteiger partial charge in [-0.15, -0.1) is 0 Å². The van der Waals surface area contributed by atoms with E-state index in [9.17, 15) is 18.0 Å². The minimum atomic E-state index is -1.69. The smallest absolute Gasteiger partial charge is 0.257 e. The molecule has 112 valence electrons. The summed E-state index contributed by atoms with van der Waals surface area (Å²) >= 11 is 3.17. The minimum absolute atomic E-state index is 0.304. The van der Waals surface area contributed by atoms with Crippen molar-refractivity contribution in [1.82, 2.24) is 4.90 Å². The lowest BCUT2D eigenvalue weighted by atomic mass is 10.1. The summed E-state index contributed by atoms with van der Waals surface area (Å²) in [5.74, 6) is -6.83. The molecule has 0 aliphatic rings. The molecule has 0 saturated heterocycles. The molecule has 1 aromatic carbocycles. The highest BCUT2D eigenvalue weighted by atomic mass is 79.9. The highest BCUT2D eigenvalue weighted by Gasteiger charge is 2.25. The number of aromatic hydroxyl groups is 1. The maximum absolute atomic E-state index is 13.7. The molecule has 0 aliphatic heterocycles. The molecule has 0 bridgehead atoms. The number of hydrogen-bond acceptors (Lipinski definition) is 2. The average molecular weight is 354 g/mol. The monoisotopic (exact) mass is 353 g/mol. The van der Waals surface area contributed by atoms with Gasteiger partial charge in [0.2, 0.25) is 5.82 Å². The van der Waals surface area contributed by atoms with Gasteiger partial charge in [0.15, 0.2) is 17.4 Å². The topological polar surface area (TPSA) is 40.5 Å². The molecule has 7 heteroatoms. The van der Waals surface area contributed by atoms with Crippen LogP contribution < -0.4 is 0 Å². The third-order valence-electron chi connectivity index (χ3n) is 2.79. The third-order valence-corrected chi connectivity index (χ3v) is 3.14. The summed E-state index contributed by atoms with van der Waals surface area (Å²) in [5, 5.41) is 9.61. The van der Waals surface area contributed by atoms with E-state index in [1.807, 2.05) is 6.92 Å². The summed E-state index contributed by atoms with van der Waals surface area (Å²) < 4.78 is 39.9. The highest BCUT2D eigenvalue weighted by Crippen LogP contribution is 2.26. The molecule has 0 saturated carbocycles. The third kappa shape index (κ3) is 3.65. The molecule has 0 atom stereocenters. The summed E-state index contributed by atoms with van der Waals surface area (Å²) in [6.45, 7) is 2.61. The van der Waals surface area contributed by atoms with E-state index in [2.05, 4.69) is 15.9 Å². The maximum atomic E-state index is 13.7. The number of nitrogens with zero attached hydrogens (tertiary/aromatic N) is 1. The van der Waals surface area contributed by atoms with E-state index in [1.54, 1.807) is 0 Å². The van der Waals surface area contributed by atoms with E-state index in [0.29, 0.717) is 30.9 Å². The van der Waals surface area contributed by atoms with Crippen LogP contribution in [0.3, 0.4) is 0 Å². The molecule has 0 aliphatic carbocycles. The summed E-state index contributed by atoms with van der Waals surface area (Å²) in [5.41, 5.74) is -0.668. The van der Waals surface area contributed by atoms with E-state index in [1.165, 1.54) is 4.90 Å². The zero-order valence-corrected chi connectivity index (χ0v) is 12.5. The molecule has 1 aromatic rings. The predicted octanol–water partition coefficient (Wildman–Crippen LogP) is 3.45. The molecule has 1 N–H and O–H groups in total. The fourth-order valence-corrected chi connectivity index (χ4v) is 2.11. The number of amides is 1. The van der Waals surface area contributed by atoms with Crippen LogP contribution in [0.25, 0.3) is 0 Å². The first-order valence-electron chi connectivity index (χ1n) is 6.15. The second-order valence-electron chi connectivity index (χ2n) is 4.22. The molecule has 0 fully saturated rings. The van der Waals surface area contributed by atoms with E-state index in [-0.39, 0.29) is 0 Å². The Balaban J connectivity index is 3.11. The van der Waals surface area contributed by atoms with Crippen LogP contribution in [0, 0.1) is 17.5 Å². The first kappa shape index (κ1) is 16.8. The first-order chi connectivity index (χ1) is 9.43. The van der Waals surface area contributed by atoms with Gasteiger partial charge in [-0.05, 0) is 12.5 Å². The van der Waals surface area contributed by atoms with Crippen LogP contribution in [0.4, 0.5) is 13.2 Å². The van der Waals surface area contributed by atoms with Crippen LogP contribution in [0.1, 0.15) is 30.1 Å². The Bertz CT molecular complexity index is 497. The number of unbranched alkanes of at least 4 members (excludes halogenated alkanes) is 1. The van der Waals surface area contributed by atoms with Gasteiger partial charge in [-0.2, -0.15) is 4.39 Å². The number of phenolic OH excluding ortho intramolecular Hbond substituents is 1. The summed E-state index contributed by atoms with van der Waals surface area (Å²) in [6.07, 6.45) is 1.54. The van der Waals surface area contributed by atoms with Crippen molar-refractivity contribution >= 4 is 21.8 Å². The minimum Gasteiger partial charge on any atom is -0.503 e. The van der Waals surface area contributed by atoms with Crippen molar-refractivity contribution in [3.63, 3.8) is 0 Å². The van der Waals surface area contributed by atoms with Crippen LogP contribution >= 0.6 is 15.9 Å². The number of hydrogen-bond donors (Lipinski definition) is 1. The number of halogens is 4. The van der Waals surface area contributed by atoms with Gasteiger partial charge in [-0.1, -0.05) is 29.3 Å². The SMILES string of the molecule is CCCCN(CCBr)C(=O)c1cc(F)c(F)c(O)c1F. The number of benzene rings is 1. The lowest BCUT2D eigenvalue weighted by Gasteiger charge is -2.22. The fraction of sp³-hybridized carbons (Fsp3) is 0.462. The summed E-state index contributed by atoms with van der Waals surface area (Å²) in [4.78, 5) is 13.5. The van der Waals surface area contributed by atoms with Crippen molar-refractivity contribution in [2.24, 2.45) is 0 Å². The normalized spacial score (nSPS) is 10.7. The standard InChI is InChI=1S/C13H15BrF3NO2/c1-2-3-5-18(6-4-14)13(20)8-7-9(15)11(17)12(19)10(8)16/h7,19H,2-6H2,1H3. The van der Waals surface area contributed by atoms with Gasteiger partial charge in [0, 0.05) is 18.4 Å². The molecule has 0 heterocycles. The Morgan fingerprint density at radius 3 is 2.50 bits per heavy atom. The molecular formula is C13H15BrF3NO2. The van der Waals surface area contributed by atoms with Gasteiger partial charge >= 0.3 is 0 Å². The van der Waals surface area contributed by atoms with E-state index >= 15 is 0 Å². The first-order valence-corrected chi connectivity index (χ1v) is 7.27. The average Bonchev–Trinajstić information content (AvgIpc) is 2.44. The quantitative estimate of drug-likeness (QED) is 0.628. The van der Waals surface area contributed by atoms with E-state index < -0.39 is 34.7 Å². The van der Waals surface area contributed by atoms with Crippen LogP contribution in [0.2, 0.25) is 0 Å². The van der Waals surface area contributed by atoms with Crippen molar-refractivity contribution in [1.29, 1.82) is 0 Å². The lowest BCUT2D eigenvalue weighted by Crippen LogP contribution is -2.34. The van der Waals surface area contributed by atoms with Crippen LogP contribution in [-0.2, 0) is 0 Å². The van der Waals surface area contributed by atoms with Crippen LogP contribution in [0.15, 0.2) is 6.07 Å². The summed E-state index contributed by atoms with van der Waals surface area (Å²) in [7, 11) is 0. The van der Waals surface area contributed by atoms with Crippen molar-refractivity contribution < 1.29 is 23.1 Å². The molecule has 0 unspecified atom stereocenters. The molecule has 0 aromatic heterocycles. The molecule has 1 amide bonds. The second kappa shape index (κ2) is 7.52. The van der Waals surface area contributed by atoms with Crippen molar-refractivity contribution in [2.45, 2.75) is 19.8 Å². The number of phenols is 1. The maximum Gasteiger partial charge on any atom is 0.257 e. The molecule has 3 nitrogen and oxygen atoms in total. The van der Waals surface area contributed by atoms with Crippen molar-refractivity contribution in [3.8, 4) is 5.75 Å². The van der Waals surface area contributed by atoms with Crippen LogP contribution in [0.5, 0.6) is 5.75 Å². The molecule has 0 spiro atoms. The van der Waals surface area contributed by atoms with Gasteiger partial charge in [0.25, 0.3) is 5.91 Å². The van der Waals surface area contributed by atoms with E-state index in [4.69, 9.17) is 5.11 Å². The Hall–Kier alpha value is -1.24. The van der Waals surface area contributed by atoms with E-state index in [0.717, 1.165) is 6.42 Å². The van der Waals surface area contributed by atoms with Gasteiger partial charge in [0.05, 0.1) is 5.56 Å². The Morgan fingerprint density at radius 2 is 1.95 bits per heavy atom. The van der Waals surface area contributed by atoms with Gasteiger partial charge < -0.3 is 10.0 Å². The van der Waals surface area contributed by atoms with Gasteiger partial charge in [-0.25, -0.2) is 8.78 Å². The lowest BCUT2D eigenvalue weighted by molar-refractivity contribution is 0.0757. The number of alkyl halides is 1. The highest BCUT2D eigenvalue weighted by molar-refractivity contribution is 9.09. The zero-order chi connectivity index (χ0) is 15.3. The largest absolute Gasteiger partial charge is 0.503 e. The summed E-state index contributed by atoms with van der Waals surface area (Å²) in [6, 6.07) is 0.472. The second-order valence-corrected chi connectivity index (χ2v) is 5.01. The Labute approximate surface area is 123 Å². The Kier molecular flexibility index (Phi) is 6.32. The number of carbonyl (C=O) groups excluding carboxylic acids is 1. The molecule has 20 heavy (non-hydrogen) atoms. The molecular weight excluding hydrogens is 339 g/mol. The van der Waals surface area contributed by atoms with Gasteiger partial charge in [0.1, 0.15) is 0 Å². The van der Waals surface area contributed by atoms with Crippen molar-refractivity contribution in [3.05, 3.63) is 29.1 Å². The van der Waals surface area contributed by atoms with Crippen LogP contribution in [-0.4, -0.2) is 34.3 Å². The predicted molar refractivity (Wildman–Crippen MR) is 72.6 cm³/mol. The number of rotatable bonds is 6. The van der Waals surface area contributed by atoms with Gasteiger partial charge in [-0.3, -0.25) is 4.79 Å². The molecule has 1 rings (SSSR count).